The van der Waals surface area contributed by atoms with Gasteiger partial charge in [0.1, 0.15) is 11.3 Å². The lowest BCUT2D eigenvalue weighted by Crippen LogP contribution is -2.32. The normalized spacial score (nSPS) is 13.5. The summed E-state index contributed by atoms with van der Waals surface area (Å²) in [6.07, 6.45) is 2.97. The fraction of sp³-hybridized carbons (Fsp3) is 0.286. The molecule has 3 aromatic rings. The standard InChI is InChI=1S/C21H19BrClNO3/c1-2-3-4-13-9-20(25)27-21-15(13)6-8-19-16(21)11-24(12-26-19)18-7-5-14(22)10-17(18)23/h5-10H,2-4,11-12H2,1H3. The van der Waals surface area contributed by atoms with Gasteiger partial charge in [0.05, 0.1) is 22.8 Å². The van der Waals surface area contributed by atoms with E-state index in [1.54, 1.807) is 6.07 Å². The Morgan fingerprint density at radius 1 is 1.22 bits per heavy atom. The van der Waals surface area contributed by atoms with Crippen LogP contribution < -0.4 is 15.3 Å². The number of ether oxygens (including phenoxy) is 1. The summed E-state index contributed by atoms with van der Waals surface area (Å²) in [6.45, 7) is 3.09. The van der Waals surface area contributed by atoms with E-state index in [1.165, 1.54) is 0 Å². The number of halogens is 2. The Hall–Kier alpha value is -1.98. The van der Waals surface area contributed by atoms with Crippen LogP contribution >= 0.6 is 27.5 Å². The third-order valence-electron chi connectivity index (χ3n) is 4.83. The molecular formula is C21H19BrClNO3. The summed E-state index contributed by atoms with van der Waals surface area (Å²) < 4.78 is 12.5. The van der Waals surface area contributed by atoms with Crippen molar-refractivity contribution >= 4 is 44.2 Å². The van der Waals surface area contributed by atoms with Gasteiger partial charge in [0, 0.05) is 15.9 Å². The minimum Gasteiger partial charge on any atom is -0.473 e. The van der Waals surface area contributed by atoms with E-state index in [-0.39, 0.29) is 5.63 Å². The predicted molar refractivity (Wildman–Crippen MR) is 112 cm³/mol. The lowest BCUT2D eigenvalue weighted by atomic mass is 10.0. The van der Waals surface area contributed by atoms with Crippen LogP contribution in [0.4, 0.5) is 5.69 Å². The zero-order chi connectivity index (χ0) is 19.0. The molecule has 1 aliphatic rings. The van der Waals surface area contributed by atoms with Crippen molar-refractivity contribution in [3.63, 3.8) is 0 Å². The minimum absolute atomic E-state index is 0.319. The third kappa shape index (κ3) is 3.58. The molecule has 2 heterocycles. The van der Waals surface area contributed by atoms with Crippen LogP contribution in [-0.2, 0) is 13.0 Å². The van der Waals surface area contributed by atoms with Crippen molar-refractivity contribution in [3.8, 4) is 5.75 Å². The highest BCUT2D eigenvalue weighted by atomic mass is 79.9. The van der Waals surface area contributed by atoms with Crippen molar-refractivity contribution in [2.45, 2.75) is 32.7 Å². The number of aryl methyl sites for hydroxylation is 1. The van der Waals surface area contributed by atoms with Crippen LogP contribution in [0.5, 0.6) is 5.75 Å². The van der Waals surface area contributed by atoms with Crippen LogP contribution in [-0.4, -0.2) is 6.73 Å². The maximum absolute atomic E-state index is 12.1. The van der Waals surface area contributed by atoms with Gasteiger partial charge < -0.3 is 14.1 Å². The summed E-state index contributed by atoms with van der Waals surface area (Å²) in [7, 11) is 0. The molecule has 0 unspecified atom stereocenters. The first-order valence-corrected chi connectivity index (χ1v) is 10.2. The molecule has 0 bridgehead atoms. The van der Waals surface area contributed by atoms with Crippen LogP contribution in [0.1, 0.15) is 30.9 Å². The molecule has 0 amide bonds. The summed E-state index contributed by atoms with van der Waals surface area (Å²) in [5.41, 5.74) is 3.09. The topological polar surface area (TPSA) is 42.7 Å². The van der Waals surface area contributed by atoms with Crippen LogP contribution in [0.25, 0.3) is 11.0 Å². The Morgan fingerprint density at radius 3 is 2.85 bits per heavy atom. The van der Waals surface area contributed by atoms with Gasteiger partial charge >= 0.3 is 5.63 Å². The van der Waals surface area contributed by atoms with Gasteiger partial charge in [0.2, 0.25) is 0 Å². The number of nitrogens with zero attached hydrogens (tertiary/aromatic N) is 1. The molecular weight excluding hydrogens is 430 g/mol. The van der Waals surface area contributed by atoms with E-state index in [9.17, 15) is 4.79 Å². The van der Waals surface area contributed by atoms with Crippen molar-refractivity contribution in [3.05, 3.63) is 67.4 Å². The zero-order valence-corrected chi connectivity index (χ0v) is 17.3. The lowest BCUT2D eigenvalue weighted by Gasteiger charge is -2.31. The molecule has 2 aromatic carbocycles. The van der Waals surface area contributed by atoms with E-state index < -0.39 is 0 Å². The number of fused-ring (bicyclic) bond motifs is 3. The smallest absolute Gasteiger partial charge is 0.336 e. The van der Waals surface area contributed by atoms with Crippen molar-refractivity contribution < 1.29 is 9.15 Å². The molecule has 1 aliphatic heterocycles. The first kappa shape index (κ1) is 18.4. The molecule has 4 rings (SSSR count). The maximum atomic E-state index is 12.1. The van der Waals surface area contributed by atoms with Crippen molar-refractivity contribution in [1.82, 2.24) is 0 Å². The Kier molecular flexibility index (Phi) is 5.15. The summed E-state index contributed by atoms with van der Waals surface area (Å²) in [6, 6.07) is 11.3. The minimum atomic E-state index is -0.319. The Labute approximate surface area is 170 Å². The molecule has 0 radical (unpaired) electrons. The monoisotopic (exact) mass is 447 g/mol. The molecule has 140 valence electrons. The summed E-state index contributed by atoms with van der Waals surface area (Å²) in [4.78, 5) is 14.2. The molecule has 0 N–H and O–H groups in total. The highest BCUT2D eigenvalue weighted by Gasteiger charge is 2.24. The van der Waals surface area contributed by atoms with Gasteiger partial charge in [0.15, 0.2) is 6.73 Å². The summed E-state index contributed by atoms with van der Waals surface area (Å²) in [5.74, 6) is 0.753. The molecule has 0 saturated heterocycles. The van der Waals surface area contributed by atoms with E-state index in [1.807, 2.05) is 35.2 Å². The quantitative estimate of drug-likeness (QED) is 0.465. The van der Waals surface area contributed by atoms with Gasteiger partial charge in [-0.3, -0.25) is 0 Å². The SMILES string of the molecule is CCCCc1cc(=O)oc2c3c(ccc12)OCN(c1ccc(Br)cc1Cl)C3. The maximum Gasteiger partial charge on any atom is 0.336 e. The van der Waals surface area contributed by atoms with E-state index in [0.29, 0.717) is 23.9 Å². The van der Waals surface area contributed by atoms with Gasteiger partial charge in [-0.2, -0.15) is 0 Å². The van der Waals surface area contributed by atoms with Gasteiger partial charge in [-0.15, -0.1) is 0 Å². The fourth-order valence-electron chi connectivity index (χ4n) is 3.46. The van der Waals surface area contributed by atoms with Gasteiger partial charge in [-0.25, -0.2) is 4.79 Å². The van der Waals surface area contributed by atoms with E-state index in [2.05, 4.69) is 22.9 Å². The van der Waals surface area contributed by atoms with Crippen molar-refractivity contribution in [2.24, 2.45) is 0 Å². The zero-order valence-electron chi connectivity index (χ0n) is 14.9. The van der Waals surface area contributed by atoms with Crippen LogP contribution in [0.3, 0.4) is 0 Å². The lowest BCUT2D eigenvalue weighted by molar-refractivity contribution is 0.289. The number of hydrogen-bond acceptors (Lipinski definition) is 4. The number of benzene rings is 2. The first-order valence-electron chi connectivity index (χ1n) is 8.98. The average molecular weight is 449 g/mol. The number of rotatable bonds is 4. The molecule has 0 atom stereocenters. The second-order valence-corrected chi connectivity index (χ2v) is 8.00. The van der Waals surface area contributed by atoms with E-state index >= 15 is 0 Å². The first-order chi connectivity index (χ1) is 13.1. The number of unbranched alkanes of at least 4 members (excludes halogenated alkanes) is 1. The van der Waals surface area contributed by atoms with Crippen LogP contribution in [0.15, 0.2) is 50.1 Å². The predicted octanol–water partition coefficient (Wildman–Crippen LogP) is 5.91. The second kappa shape index (κ2) is 7.56. The molecule has 6 heteroatoms. The number of hydrogen-bond donors (Lipinski definition) is 0. The summed E-state index contributed by atoms with van der Waals surface area (Å²) in [5, 5.41) is 1.62. The molecule has 27 heavy (non-hydrogen) atoms. The molecule has 0 fully saturated rings. The molecule has 0 spiro atoms. The van der Waals surface area contributed by atoms with Gasteiger partial charge in [-0.1, -0.05) is 40.9 Å². The molecule has 0 aliphatic carbocycles. The van der Waals surface area contributed by atoms with Gasteiger partial charge in [0.25, 0.3) is 0 Å². The number of anilines is 1. The van der Waals surface area contributed by atoms with Crippen molar-refractivity contribution in [2.75, 3.05) is 11.6 Å². The fourth-order valence-corrected chi connectivity index (χ4v) is 4.26. The molecule has 4 nitrogen and oxygen atoms in total. The molecule has 0 saturated carbocycles. The van der Waals surface area contributed by atoms with Crippen molar-refractivity contribution in [1.29, 1.82) is 0 Å². The highest BCUT2D eigenvalue weighted by Crippen LogP contribution is 2.37. The van der Waals surface area contributed by atoms with Crippen LogP contribution in [0.2, 0.25) is 5.02 Å². The molecule has 1 aromatic heterocycles. The third-order valence-corrected chi connectivity index (χ3v) is 5.63. The average Bonchev–Trinajstić information content (AvgIpc) is 2.65. The Bertz CT molecular complexity index is 1060. The second-order valence-electron chi connectivity index (χ2n) is 6.68. The van der Waals surface area contributed by atoms with E-state index in [4.69, 9.17) is 20.8 Å². The van der Waals surface area contributed by atoms with Crippen LogP contribution in [0, 0.1) is 0 Å². The largest absolute Gasteiger partial charge is 0.473 e. The van der Waals surface area contributed by atoms with E-state index in [0.717, 1.165) is 51.7 Å². The van der Waals surface area contributed by atoms with Gasteiger partial charge in [-0.05, 0) is 48.7 Å². The summed E-state index contributed by atoms with van der Waals surface area (Å²) >= 11 is 9.85. The highest BCUT2D eigenvalue weighted by molar-refractivity contribution is 9.10. The Morgan fingerprint density at radius 2 is 2.07 bits per heavy atom. The Balaban J connectivity index is 1.79.